The van der Waals surface area contributed by atoms with Crippen LogP contribution in [0, 0.1) is 0 Å². The van der Waals surface area contributed by atoms with E-state index in [-0.39, 0.29) is 5.97 Å². The molecule has 0 bridgehead atoms. The number of nitrogens with two attached hydrogens (primary N) is 1. The van der Waals surface area contributed by atoms with Crippen LogP contribution in [-0.2, 0) is 15.9 Å². The molecule has 0 aliphatic rings. The SMILES string of the molecule is COCCCc1cc(C(=O)OC)ccc1N. The van der Waals surface area contributed by atoms with Crippen LogP contribution in [0.2, 0.25) is 0 Å². The molecule has 1 rings (SSSR count). The molecule has 16 heavy (non-hydrogen) atoms. The van der Waals surface area contributed by atoms with E-state index in [1.165, 1.54) is 7.11 Å². The number of methoxy groups -OCH3 is 2. The number of esters is 1. The van der Waals surface area contributed by atoms with Crippen molar-refractivity contribution in [2.24, 2.45) is 0 Å². The summed E-state index contributed by atoms with van der Waals surface area (Å²) in [6, 6.07) is 5.17. The molecule has 0 saturated carbocycles. The van der Waals surface area contributed by atoms with Gasteiger partial charge in [-0.3, -0.25) is 0 Å². The van der Waals surface area contributed by atoms with Gasteiger partial charge in [0.2, 0.25) is 0 Å². The Morgan fingerprint density at radius 2 is 2.12 bits per heavy atom. The zero-order valence-corrected chi connectivity index (χ0v) is 9.66. The normalized spacial score (nSPS) is 10.1. The minimum Gasteiger partial charge on any atom is -0.465 e. The molecular weight excluding hydrogens is 206 g/mol. The van der Waals surface area contributed by atoms with E-state index < -0.39 is 0 Å². The third-order valence-electron chi connectivity index (χ3n) is 2.36. The number of hydrogen-bond acceptors (Lipinski definition) is 4. The Bertz CT molecular complexity index is 363. The number of carbonyl (C=O) groups excluding carboxylic acids is 1. The molecule has 2 N–H and O–H groups in total. The molecule has 0 spiro atoms. The first kappa shape index (κ1) is 12.5. The fourth-order valence-corrected chi connectivity index (χ4v) is 1.47. The Morgan fingerprint density at radius 1 is 1.38 bits per heavy atom. The van der Waals surface area contributed by atoms with E-state index in [2.05, 4.69) is 4.74 Å². The van der Waals surface area contributed by atoms with Crippen molar-refractivity contribution in [3.8, 4) is 0 Å². The quantitative estimate of drug-likeness (QED) is 0.468. The molecular formula is C12H17NO3. The Hall–Kier alpha value is -1.55. The van der Waals surface area contributed by atoms with Crippen molar-refractivity contribution in [1.82, 2.24) is 0 Å². The summed E-state index contributed by atoms with van der Waals surface area (Å²) in [5.41, 5.74) is 8.01. The van der Waals surface area contributed by atoms with Gasteiger partial charge in [-0.25, -0.2) is 4.79 Å². The number of ether oxygens (including phenoxy) is 2. The fraction of sp³-hybridized carbons (Fsp3) is 0.417. The van der Waals surface area contributed by atoms with Crippen LogP contribution in [0.4, 0.5) is 5.69 Å². The number of hydrogen-bond donors (Lipinski definition) is 1. The second-order valence-electron chi connectivity index (χ2n) is 3.50. The summed E-state index contributed by atoms with van der Waals surface area (Å²) in [6.45, 7) is 0.682. The van der Waals surface area contributed by atoms with E-state index in [0.29, 0.717) is 17.9 Å². The van der Waals surface area contributed by atoms with Crippen molar-refractivity contribution in [3.63, 3.8) is 0 Å². The zero-order chi connectivity index (χ0) is 12.0. The predicted molar refractivity (Wildman–Crippen MR) is 62.4 cm³/mol. The van der Waals surface area contributed by atoms with Crippen LogP contribution in [0.3, 0.4) is 0 Å². The molecule has 0 fully saturated rings. The maximum atomic E-state index is 11.3. The Balaban J connectivity index is 2.78. The maximum absolute atomic E-state index is 11.3. The van der Waals surface area contributed by atoms with Gasteiger partial charge < -0.3 is 15.2 Å². The van der Waals surface area contributed by atoms with Crippen LogP contribution in [0.5, 0.6) is 0 Å². The summed E-state index contributed by atoms with van der Waals surface area (Å²) in [6.07, 6.45) is 1.68. The van der Waals surface area contributed by atoms with Crippen molar-refractivity contribution in [1.29, 1.82) is 0 Å². The second-order valence-corrected chi connectivity index (χ2v) is 3.50. The van der Waals surface area contributed by atoms with E-state index in [9.17, 15) is 4.79 Å². The first-order valence-electron chi connectivity index (χ1n) is 5.14. The number of anilines is 1. The summed E-state index contributed by atoms with van der Waals surface area (Å²) in [5, 5.41) is 0. The van der Waals surface area contributed by atoms with Gasteiger partial charge in [0, 0.05) is 19.4 Å². The summed E-state index contributed by atoms with van der Waals surface area (Å²) < 4.78 is 9.62. The second kappa shape index (κ2) is 6.12. The standard InChI is InChI=1S/C12H17NO3/c1-15-7-3-4-9-8-10(12(14)16-2)5-6-11(9)13/h5-6,8H,3-4,7,13H2,1-2H3. The van der Waals surface area contributed by atoms with Crippen molar-refractivity contribution in [2.45, 2.75) is 12.8 Å². The highest BCUT2D eigenvalue weighted by atomic mass is 16.5. The van der Waals surface area contributed by atoms with Crippen molar-refractivity contribution in [2.75, 3.05) is 26.6 Å². The van der Waals surface area contributed by atoms with Crippen LogP contribution < -0.4 is 5.73 Å². The monoisotopic (exact) mass is 223 g/mol. The Kier molecular flexibility index (Phi) is 4.79. The zero-order valence-electron chi connectivity index (χ0n) is 9.66. The summed E-state index contributed by atoms with van der Waals surface area (Å²) >= 11 is 0. The summed E-state index contributed by atoms with van der Waals surface area (Å²) in [4.78, 5) is 11.3. The predicted octanol–water partition coefficient (Wildman–Crippen LogP) is 1.63. The van der Waals surface area contributed by atoms with Crippen LogP contribution in [0.25, 0.3) is 0 Å². The fourth-order valence-electron chi connectivity index (χ4n) is 1.47. The molecule has 4 nitrogen and oxygen atoms in total. The minimum atomic E-state index is -0.340. The highest BCUT2D eigenvalue weighted by molar-refractivity contribution is 5.90. The van der Waals surface area contributed by atoms with Gasteiger partial charge in [0.25, 0.3) is 0 Å². The molecule has 0 aliphatic carbocycles. The maximum Gasteiger partial charge on any atom is 0.337 e. The molecule has 0 saturated heterocycles. The first-order chi connectivity index (χ1) is 7.69. The molecule has 0 unspecified atom stereocenters. The molecule has 0 aliphatic heterocycles. The van der Waals surface area contributed by atoms with Crippen molar-refractivity contribution < 1.29 is 14.3 Å². The molecule has 4 heteroatoms. The molecule has 0 heterocycles. The highest BCUT2D eigenvalue weighted by Crippen LogP contribution is 2.16. The molecule has 0 radical (unpaired) electrons. The third kappa shape index (κ3) is 3.24. The minimum absolute atomic E-state index is 0.340. The van der Waals surface area contributed by atoms with Gasteiger partial charge in [0.1, 0.15) is 0 Å². The lowest BCUT2D eigenvalue weighted by atomic mass is 10.0. The highest BCUT2D eigenvalue weighted by Gasteiger charge is 2.08. The smallest absolute Gasteiger partial charge is 0.337 e. The van der Waals surface area contributed by atoms with Gasteiger partial charge in [0.15, 0.2) is 0 Å². The van der Waals surface area contributed by atoms with Crippen molar-refractivity contribution in [3.05, 3.63) is 29.3 Å². The average molecular weight is 223 g/mol. The van der Waals surface area contributed by atoms with Crippen LogP contribution in [-0.4, -0.2) is 26.8 Å². The topological polar surface area (TPSA) is 61.5 Å². The van der Waals surface area contributed by atoms with Gasteiger partial charge in [-0.15, -0.1) is 0 Å². The van der Waals surface area contributed by atoms with Crippen LogP contribution in [0.1, 0.15) is 22.3 Å². The summed E-state index contributed by atoms with van der Waals surface area (Å²) in [7, 11) is 3.03. The lowest BCUT2D eigenvalue weighted by molar-refractivity contribution is 0.0600. The van der Waals surface area contributed by atoms with Gasteiger partial charge in [-0.05, 0) is 36.6 Å². The largest absolute Gasteiger partial charge is 0.465 e. The first-order valence-corrected chi connectivity index (χ1v) is 5.14. The van der Waals surface area contributed by atoms with Gasteiger partial charge in [-0.2, -0.15) is 0 Å². The van der Waals surface area contributed by atoms with E-state index in [1.807, 2.05) is 0 Å². The molecule has 1 aromatic rings. The van der Waals surface area contributed by atoms with Gasteiger partial charge in [0.05, 0.1) is 12.7 Å². The third-order valence-corrected chi connectivity index (χ3v) is 2.36. The van der Waals surface area contributed by atoms with Crippen LogP contribution >= 0.6 is 0 Å². The number of benzene rings is 1. The molecule has 88 valence electrons. The Morgan fingerprint density at radius 3 is 2.75 bits per heavy atom. The van der Waals surface area contributed by atoms with Crippen molar-refractivity contribution >= 4 is 11.7 Å². The number of rotatable bonds is 5. The van der Waals surface area contributed by atoms with E-state index >= 15 is 0 Å². The lowest BCUT2D eigenvalue weighted by Gasteiger charge is -2.07. The number of aryl methyl sites for hydroxylation is 1. The average Bonchev–Trinajstić information content (AvgIpc) is 2.31. The van der Waals surface area contributed by atoms with Gasteiger partial charge in [-0.1, -0.05) is 0 Å². The molecule has 0 atom stereocenters. The molecule has 0 amide bonds. The Labute approximate surface area is 95.3 Å². The summed E-state index contributed by atoms with van der Waals surface area (Å²) in [5.74, 6) is -0.340. The molecule has 1 aromatic carbocycles. The van der Waals surface area contributed by atoms with Gasteiger partial charge >= 0.3 is 5.97 Å². The molecule has 0 aromatic heterocycles. The van der Waals surface area contributed by atoms with E-state index in [0.717, 1.165) is 18.4 Å². The number of nitrogen functional groups attached to an aromatic ring is 1. The number of carbonyl (C=O) groups is 1. The van der Waals surface area contributed by atoms with E-state index in [1.54, 1.807) is 25.3 Å². The van der Waals surface area contributed by atoms with E-state index in [4.69, 9.17) is 10.5 Å². The lowest BCUT2D eigenvalue weighted by Crippen LogP contribution is -2.04. The van der Waals surface area contributed by atoms with Crippen LogP contribution in [0.15, 0.2) is 18.2 Å².